The van der Waals surface area contributed by atoms with Gasteiger partial charge in [-0.25, -0.2) is 4.79 Å². The van der Waals surface area contributed by atoms with E-state index in [-0.39, 0.29) is 18.6 Å². The number of H-pyrrole nitrogens is 1. The Balaban J connectivity index is 1.30. The number of aromatic amines is 1. The molecule has 6 rings (SSSR count). The van der Waals surface area contributed by atoms with Crippen molar-refractivity contribution in [1.29, 1.82) is 0 Å². The van der Waals surface area contributed by atoms with Crippen LogP contribution in [0.2, 0.25) is 0 Å². The molecule has 1 aliphatic carbocycles. The summed E-state index contributed by atoms with van der Waals surface area (Å²) in [6.45, 7) is 3.08. The minimum atomic E-state index is -0.865. The van der Waals surface area contributed by atoms with Crippen molar-refractivity contribution in [2.75, 3.05) is 6.61 Å². The largest absolute Gasteiger partial charge is 0.374 e. The van der Waals surface area contributed by atoms with Crippen molar-refractivity contribution in [3.63, 3.8) is 0 Å². The molecule has 42 heavy (non-hydrogen) atoms. The molecular formula is C33H35N3O6. The van der Waals surface area contributed by atoms with Gasteiger partial charge < -0.3 is 14.2 Å². The lowest BCUT2D eigenvalue weighted by Gasteiger charge is -2.35. The summed E-state index contributed by atoms with van der Waals surface area (Å²) in [5, 5.41) is 0. The molecule has 0 spiro atoms. The molecule has 1 saturated heterocycles. The Kier molecular flexibility index (Phi) is 8.46. The Morgan fingerprint density at radius 2 is 1.48 bits per heavy atom. The Bertz CT molecular complexity index is 1580. The van der Waals surface area contributed by atoms with Crippen molar-refractivity contribution in [2.45, 2.75) is 57.1 Å². The second-order valence-electron chi connectivity index (χ2n) is 11.0. The molecule has 2 N–H and O–H groups in total. The molecule has 2 heterocycles. The van der Waals surface area contributed by atoms with Gasteiger partial charge in [0.1, 0.15) is 11.8 Å². The van der Waals surface area contributed by atoms with Crippen LogP contribution in [-0.4, -0.2) is 33.9 Å². The van der Waals surface area contributed by atoms with Gasteiger partial charge in [0, 0.05) is 17.8 Å². The first-order chi connectivity index (χ1) is 20.5. The second-order valence-corrected chi connectivity index (χ2v) is 11.0. The normalized spacial score (nSPS) is 24.7. The van der Waals surface area contributed by atoms with Gasteiger partial charge in [-0.05, 0) is 30.0 Å². The van der Waals surface area contributed by atoms with Gasteiger partial charge in [-0.1, -0.05) is 91.0 Å². The average molecular weight is 570 g/mol. The van der Waals surface area contributed by atoms with Crippen molar-refractivity contribution in [3.05, 3.63) is 140 Å². The molecule has 0 radical (unpaired) electrons. The Morgan fingerprint density at radius 1 is 0.881 bits per heavy atom. The fraction of sp³-hybridized carbons (Fsp3) is 0.333. The Morgan fingerprint density at radius 3 is 2.12 bits per heavy atom. The van der Waals surface area contributed by atoms with Crippen LogP contribution in [0.3, 0.4) is 0 Å². The molecule has 1 aromatic heterocycles. The lowest BCUT2D eigenvalue weighted by atomic mass is 9.99. The van der Waals surface area contributed by atoms with Crippen LogP contribution in [0, 0.1) is 12.8 Å². The Labute approximate surface area is 244 Å². The molecule has 2 bridgehead atoms. The summed E-state index contributed by atoms with van der Waals surface area (Å²) in [7, 11) is 0. The monoisotopic (exact) mass is 569 g/mol. The molecule has 5 atom stereocenters. The number of fused-ring (bicyclic) bond motifs is 2. The molecule has 0 unspecified atom stereocenters. The Hall–Kier alpha value is -3.86. The van der Waals surface area contributed by atoms with Crippen LogP contribution in [-0.2, 0) is 38.9 Å². The van der Waals surface area contributed by atoms with Gasteiger partial charge >= 0.3 is 5.69 Å². The smallest absolute Gasteiger partial charge is 0.330 e. The number of nitrogens with zero attached hydrogens (tertiary/aromatic N) is 1. The van der Waals surface area contributed by atoms with Crippen LogP contribution in [0.4, 0.5) is 0 Å². The minimum Gasteiger partial charge on any atom is -0.374 e. The highest BCUT2D eigenvalue weighted by Gasteiger charge is 2.66. The standard InChI is InChI=1S/C33H35N3O6/c1-23-18-36(32(38)34-30(23)37)31-28-27(35-41-21-26-15-9-4-10-16-26)17-33(42-31,22-39-19-24-11-5-2-6-12-24)29(28)40-20-25-13-7-3-8-14-25/h2-16,18,27-29,31,35H,17,19-22H2,1H3,(H,34,37,38)/t27-,28-,29+,31-,33-/m1/s1. The van der Waals surface area contributed by atoms with Crippen molar-refractivity contribution in [3.8, 4) is 0 Å². The van der Waals surface area contributed by atoms with E-state index in [1.807, 2.05) is 91.0 Å². The molecule has 0 amide bonds. The molecule has 2 aliphatic rings. The first-order valence-electron chi connectivity index (χ1n) is 14.2. The molecule has 218 valence electrons. The van der Waals surface area contributed by atoms with E-state index >= 15 is 0 Å². The third-order valence-electron chi connectivity index (χ3n) is 8.05. The minimum absolute atomic E-state index is 0.215. The zero-order valence-electron chi connectivity index (χ0n) is 23.5. The molecule has 4 aromatic rings. The van der Waals surface area contributed by atoms with Gasteiger partial charge in [-0.3, -0.25) is 19.2 Å². The molecular weight excluding hydrogens is 534 g/mol. The summed E-state index contributed by atoms with van der Waals surface area (Å²) in [4.78, 5) is 33.7. The maximum absolute atomic E-state index is 13.1. The number of hydrogen-bond acceptors (Lipinski definition) is 7. The van der Waals surface area contributed by atoms with Gasteiger partial charge in [0.2, 0.25) is 0 Å². The van der Waals surface area contributed by atoms with E-state index in [9.17, 15) is 9.59 Å². The van der Waals surface area contributed by atoms with Gasteiger partial charge in [0.05, 0.1) is 38.4 Å². The van der Waals surface area contributed by atoms with Gasteiger partial charge in [0.15, 0.2) is 0 Å². The number of aromatic nitrogens is 2. The average Bonchev–Trinajstić information content (AvgIpc) is 3.48. The zero-order chi connectivity index (χ0) is 28.9. The first kappa shape index (κ1) is 28.3. The fourth-order valence-electron chi connectivity index (χ4n) is 6.03. The number of hydrogen-bond donors (Lipinski definition) is 2. The van der Waals surface area contributed by atoms with E-state index in [4.69, 9.17) is 19.0 Å². The van der Waals surface area contributed by atoms with Gasteiger partial charge in [-0.15, -0.1) is 0 Å². The van der Waals surface area contributed by atoms with Crippen LogP contribution in [0.1, 0.15) is 34.9 Å². The van der Waals surface area contributed by atoms with E-state index in [0.29, 0.717) is 31.8 Å². The highest BCUT2D eigenvalue weighted by atomic mass is 16.6. The summed E-state index contributed by atoms with van der Waals surface area (Å²) < 4.78 is 21.1. The lowest BCUT2D eigenvalue weighted by Crippen LogP contribution is -2.47. The summed E-state index contributed by atoms with van der Waals surface area (Å²) >= 11 is 0. The third-order valence-corrected chi connectivity index (χ3v) is 8.05. The van der Waals surface area contributed by atoms with Crippen molar-refractivity contribution >= 4 is 0 Å². The zero-order valence-corrected chi connectivity index (χ0v) is 23.5. The molecule has 3 aromatic carbocycles. The van der Waals surface area contributed by atoms with Crippen molar-refractivity contribution in [1.82, 2.24) is 15.0 Å². The number of aryl methyl sites for hydroxylation is 1. The quantitative estimate of drug-likeness (QED) is 0.248. The maximum Gasteiger partial charge on any atom is 0.330 e. The van der Waals surface area contributed by atoms with Crippen molar-refractivity contribution < 1.29 is 19.0 Å². The lowest BCUT2D eigenvalue weighted by molar-refractivity contribution is -0.172. The van der Waals surface area contributed by atoms with Crippen LogP contribution < -0.4 is 16.7 Å². The fourth-order valence-corrected chi connectivity index (χ4v) is 6.03. The highest BCUT2D eigenvalue weighted by molar-refractivity contribution is 5.18. The van der Waals surface area contributed by atoms with Gasteiger partial charge in [-0.2, -0.15) is 5.48 Å². The SMILES string of the molecule is Cc1cn([C@@H]2O[C@@]3(COCc4ccccc4)C[C@@H](NOCc4ccccc4)[C@@H]2[C@@H]3OCc2ccccc2)c(=O)[nH]c1=O. The molecule has 9 heteroatoms. The highest BCUT2D eigenvalue weighted by Crippen LogP contribution is 2.54. The number of benzene rings is 3. The first-order valence-corrected chi connectivity index (χ1v) is 14.2. The third kappa shape index (κ3) is 6.01. The van der Waals surface area contributed by atoms with E-state index in [0.717, 1.165) is 16.7 Å². The van der Waals surface area contributed by atoms with E-state index in [2.05, 4.69) is 10.5 Å². The molecule has 2 fully saturated rings. The molecule has 1 aliphatic heterocycles. The molecule has 1 saturated carbocycles. The van der Waals surface area contributed by atoms with Crippen LogP contribution in [0.25, 0.3) is 0 Å². The summed E-state index contributed by atoms with van der Waals surface area (Å²) in [6, 6.07) is 29.6. The summed E-state index contributed by atoms with van der Waals surface area (Å²) in [5.74, 6) is -0.312. The van der Waals surface area contributed by atoms with Gasteiger partial charge in [0.25, 0.3) is 5.56 Å². The predicted molar refractivity (Wildman–Crippen MR) is 156 cm³/mol. The maximum atomic E-state index is 13.1. The van der Waals surface area contributed by atoms with Crippen LogP contribution in [0.5, 0.6) is 0 Å². The van der Waals surface area contributed by atoms with E-state index in [1.165, 1.54) is 4.57 Å². The number of hydroxylamine groups is 1. The topological polar surface area (TPSA) is 104 Å². The number of ether oxygens (including phenoxy) is 3. The molecule has 9 nitrogen and oxygen atoms in total. The van der Waals surface area contributed by atoms with E-state index < -0.39 is 29.2 Å². The number of nitrogens with one attached hydrogen (secondary N) is 2. The predicted octanol–water partition coefficient (Wildman–Crippen LogP) is 4.02. The van der Waals surface area contributed by atoms with E-state index in [1.54, 1.807) is 13.1 Å². The number of rotatable bonds is 12. The second kappa shape index (κ2) is 12.6. The summed E-state index contributed by atoms with van der Waals surface area (Å²) in [6.07, 6.45) is 0.978. The summed E-state index contributed by atoms with van der Waals surface area (Å²) in [5.41, 5.74) is 4.98. The van der Waals surface area contributed by atoms with Crippen molar-refractivity contribution in [2.24, 2.45) is 5.92 Å². The van der Waals surface area contributed by atoms with Crippen LogP contribution in [0.15, 0.2) is 107 Å². The van der Waals surface area contributed by atoms with Crippen LogP contribution >= 0.6 is 0 Å².